The van der Waals surface area contributed by atoms with Crippen molar-refractivity contribution in [3.8, 4) is 5.75 Å². The second-order valence-electron chi connectivity index (χ2n) is 7.72. The van der Waals surface area contributed by atoms with E-state index in [0.717, 1.165) is 30.8 Å². The van der Waals surface area contributed by atoms with Gasteiger partial charge >= 0.3 is 0 Å². The maximum Gasteiger partial charge on any atom is 0.133 e. The van der Waals surface area contributed by atoms with Gasteiger partial charge in [-0.15, -0.1) is 0 Å². The number of nitrogens with zero attached hydrogens (tertiary/aromatic N) is 2. The maximum atomic E-state index is 10.4. The largest absolute Gasteiger partial charge is 0.506 e. The van der Waals surface area contributed by atoms with Gasteiger partial charge in [0.15, 0.2) is 0 Å². The second kappa shape index (κ2) is 7.14. The van der Waals surface area contributed by atoms with Crippen molar-refractivity contribution in [1.29, 1.82) is 0 Å². The molecule has 1 saturated carbocycles. The summed E-state index contributed by atoms with van der Waals surface area (Å²) in [6.45, 7) is 2.81. The Morgan fingerprint density at radius 3 is 2.40 bits per heavy atom. The van der Waals surface area contributed by atoms with E-state index in [1.165, 1.54) is 31.0 Å². The van der Waals surface area contributed by atoms with E-state index < -0.39 is 6.10 Å². The highest BCUT2D eigenvalue weighted by atomic mass is 16.3. The summed E-state index contributed by atoms with van der Waals surface area (Å²) in [4.78, 5) is 6.51. The number of β-amino-alcohol motifs (C(OH)–C–C–N with tert-alkyl or cyclic N) is 1. The molecule has 0 radical (unpaired) electrons. The van der Waals surface area contributed by atoms with Gasteiger partial charge in [0.05, 0.1) is 11.9 Å². The molecule has 4 rings (SSSR count). The van der Waals surface area contributed by atoms with Gasteiger partial charge in [-0.05, 0) is 54.7 Å². The number of benzene rings is 1. The molecule has 132 valence electrons. The van der Waals surface area contributed by atoms with Crippen LogP contribution in [0.3, 0.4) is 0 Å². The third kappa shape index (κ3) is 3.86. The highest BCUT2D eigenvalue weighted by molar-refractivity contribution is 5.19. The number of rotatable bonds is 5. The van der Waals surface area contributed by atoms with Gasteiger partial charge < -0.3 is 10.2 Å². The molecule has 2 heterocycles. The number of aliphatic hydroxyl groups excluding tert-OH is 1. The number of aromatic nitrogens is 1. The van der Waals surface area contributed by atoms with Crippen molar-refractivity contribution in [3.05, 3.63) is 59.9 Å². The molecule has 0 spiro atoms. The van der Waals surface area contributed by atoms with Gasteiger partial charge in [-0.2, -0.15) is 0 Å². The zero-order valence-corrected chi connectivity index (χ0v) is 14.5. The molecule has 2 fully saturated rings. The maximum absolute atomic E-state index is 10.4. The monoisotopic (exact) mass is 338 g/mol. The molecule has 1 saturated heterocycles. The average molecular weight is 338 g/mol. The molecule has 1 aromatic carbocycles. The lowest BCUT2D eigenvalue weighted by atomic mass is 9.96. The van der Waals surface area contributed by atoms with Gasteiger partial charge in [-0.3, -0.25) is 9.88 Å². The summed E-state index contributed by atoms with van der Waals surface area (Å²) in [6, 6.07) is 14.1. The Morgan fingerprint density at radius 1 is 1.04 bits per heavy atom. The van der Waals surface area contributed by atoms with Gasteiger partial charge in [0.1, 0.15) is 11.9 Å². The van der Waals surface area contributed by atoms with Crippen LogP contribution in [0.2, 0.25) is 0 Å². The standard InChI is InChI=1S/C21H26N2O2/c24-19-6-7-20(22-11-19)21(25)14-23-12-17-9-16(10-18(17)13-23)8-15-4-2-1-3-5-15/h1-7,11,16-18,21,24-25H,8-10,12-14H2/t16?,17-,18+,21?. The summed E-state index contributed by atoms with van der Waals surface area (Å²) in [6.07, 6.45) is 4.63. The molecule has 1 aromatic heterocycles. The summed E-state index contributed by atoms with van der Waals surface area (Å²) in [7, 11) is 0. The molecule has 4 nitrogen and oxygen atoms in total. The fraction of sp³-hybridized carbons (Fsp3) is 0.476. The van der Waals surface area contributed by atoms with Crippen LogP contribution in [-0.4, -0.2) is 39.7 Å². The fourth-order valence-electron chi connectivity index (χ4n) is 4.72. The molecular weight excluding hydrogens is 312 g/mol. The van der Waals surface area contributed by atoms with E-state index >= 15 is 0 Å². The van der Waals surface area contributed by atoms with E-state index in [0.29, 0.717) is 12.2 Å². The zero-order valence-electron chi connectivity index (χ0n) is 14.5. The summed E-state index contributed by atoms with van der Waals surface area (Å²) in [5, 5.41) is 19.7. The normalized spacial score (nSPS) is 27.3. The smallest absolute Gasteiger partial charge is 0.133 e. The van der Waals surface area contributed by atoms with Crippen LogP contribution in [0.5, 0.6) is 5.75 Å². The van der Waals surface area contributed by atoms with E-state index in [-0.39, 0.29) is 5.75 Å². The lowest BCUT2D eigenvalue weighted by molar-refractivity contribution is 0.117. The molecular formula is C21H26N2O2. The molecule has 2 unspecified atom stereocenters. The first-order valence-electron chi connectivity index (χ1n) is 9.26. The van der Waals surface area contributed by atoms with Crippen molar-refractivity contribution in [2.24, 2.45) is 17.8 Å². The third-order valence-electron chi connectivity index (χ3n) is 5.83. The predicted octanol–water partition coefficient (Wildman–Crippen LogP) is 3.02. The van der Waals surface area contributed by atoms with E-state index in [4.69, 9.17) is 0 Å². The molecule has 2 aliphatic rings. The quantitative estimate of drug-likeness (QED) is 0.880. The van der Waals surface area contributed by atoms with Crippen LogP contribution in [0.4, 0.5) is 0 Å². The summed E-state index contributed by atoms with van der Waals surface area (Å²) in [5.41, 5.74) is 2.09. The Hall–Kier alpha value is -1.91. The van der Waals surface area contributed by atoms with Crippen molar-refractivity contribution in [2.45, 2.75) is 25.4 Å². The van der Waals surface area contributed by atoms with Crippen molar-refractivity contribution < 1.29 is 10.2 Å². The van der Waals surface area contributed by atoms with Crippen molar-refractivity contribution >= 4 is 0 Å². The van der Waals surface area contributed by atoms with Crippen LogP contribution in [-0.2, 0) is 6.42 Å². The first-order valence-corrected chi connectivity index (χ1v) is 9.26. The number of likely N-dealkylation sites (tertiary alicyclic amines) is 1. The average Bonchev–Trinajstić information content (AvgIpc) is 3.14. The van der Waals surface area contributed by atoms with Crippen molar-refractivity contribution in [3.63, 3.8) is 0 Å². The first-order chi connectivity index (χ1) is 12.2. The third-order valence-corrected chi connectivity index (χ3v) is 5.83. The number of hydrogen-bond acceptors (Lipinski definition) is 4. The number of hydrogen-bond donors (Lipinski definition) is 2. The van der Waals surface area contributed by atoms with Gasteiger partial charge in [0.25, 0.3) is 0 Å². The number of fused-ring (bicyclic) bond motifs is 1. The number of pyridine rings is 1. The summed E-state index contributed by atoms with van der Waals surface area (Å²) >= 11 is 0. The second-order valence-corrected chi connectivity index (χ2v) is 7.72. The molecule has 0 bridgehead atoms. The van der Waals surface area contributed by atoms with Gasteiger partial charge in [0.2, 0.25) is 0 Å². The highest BCUT2D eigenvalue weighted by Gasteiger charge is 2.41. The Morgan fingerprint density at radius 2 is 1.76 bits per heavy atom. The topological polar surface area (TPSA) is 56.6 Å². The molecule has 2 aromatic rings. The molecule has 0 amide bonds. The molecule has 25 heavy (non-hydrogen) atoms. The molecule has 4 atom stereocenters. The Bertz CT molecular complexity index is 675. The molecule has 1 aliphatic heterocycles. The van der Waals surface area contributed by atoms with Crippen LogP contribution in [0, 0.1) is 17.8 Å². The van der Waals surface area contributed by atoms with Crippen LogP contribution in [0.25, 0.3) is 0 Å². The minimum absolute atomic E-state index is 0.135. The van der Waals surface area contributed by atoms with Crippen LogP contribution in [0.15, 0.2) is 48.7 Å². The van der Waals surface area contributed by atoms with E-state index in [2.05, 4.69) is 40.2 Å². The SMILES string of the molecule is Oc1ccc(C(O)CN2C[C@H]3CC(Cc4ccccc4)C[C@H]3C2)nc1. The Kier molecular flexibility index (Phi) is 4.73. The van der Waals surface area contributed by atoms with Gasteiger partial charge in [-0.1, -0.05) is 30.3 Å². The minimum atomic E-state index is -0.584. The lowest BCUT2D eigenvalue weighted by Gasteiger charge is -2.21. The van der Waals surface area contributed by atoms with E-state index in [9.17, 15) is 10.2 Å². The first kappa shape index (κ1) is 16.6. The number of aliphatic hydroxyl groups is 1. The van der Waals surface area contributed by atoms with E-state index in [1.54, 1.807) is 12.1 Å². The van der Waals surface area contributed by atoms with Gasteiger partial charge in [0, 0.05) is 19.6 Å². The van der Waals surface area contributed by atoms with E-state index in [1.807, 2.05) is 0 Å². The summed E-state index contributed by atoms with van der Waals surface area (Å²) < 4.78 is 0. The highest BCUT2D eigenvalue weighted by Crippen LogP contribution is 2.43. The van der Waals surface area contributed by atoms with Gasteiger partial charge in [-0.25, -0.2) is 0 Å². The Labute approximate surface area is 149 Å². The van der Waals surface area contributed by atoms with Crippen LogP contribution >= 0.6 is 0 Å². The summed E-state index contributed by atoms with van der Waals surface area (Å²) in [5.74, 6) is 2.49. The minimum Gasteiger partial charge on any atom is -0.506 e. The molecule has 4 heteroatoms. The molecule has 2 N–H and O–H groups in total. The fourth-order valence-corrected chi connectivity index (χ4v) is 4.72. The Balaban J connectivity index is 1.28. The predicted molar refractivity (Wildman–Crippen MR) is 97.2 cm³/mol. The number of aromatic hydroxyl groups is 1. The zero-order chi connectivity index (χ0) is 17.2. The lowest BCUT2D eigenvalue weighted by Crippen LogP contribution is -2.28. The molecule has 1 aliphatic carbocycles. The van der Waals surface area contributed by atoms with Crippen LogP contribution in [0.1, 0.15) is 30.2 Å². The van der Waals surface area contributed by atoms with Crippen LogP contribution < -0.4 is 0 Å². The van der Waals surface area contributed by atoms with Crippen molar-refractivity contribution in [1.82, 2.24) is 9.88 Å². The van der Waals surface area contributed by atoms with Crippen molar-refractivity contribution in [2.75, 3.05) is 19.6 Å².